The van der Waals surface area contributed by atoms with E-state index in [9.17, 15) is 10.2 Å². The minimum absolute atomic E-state index is 0.323. The highest BCUT2D eigenvalue weighted by Crippen LogP contribution is 2.23. The molecule has 1 fully saturated rings. The summed E-state index contributed by atoms with van der Waals surface area (Å²) in [5.41, 5.74) is 1.21. The van der Waals surface area contributed by atoms with Crippen molar-refractivity contribution in [1.82, 2.24) is 0 Å². The fourth-order valence-corrected chi connectivity index (χ4v) is 1.62. The molecule has 0 unspecified atom stereocenters. The van der Waals surface area contributed by atoms with Crippen LogP contribution in [-0.4, -0.2) is 22.4 Å². The molecule has 0 heterocycles. The molecule has 1 saturated carbocycles. The quantitative estimate of drug-likeness (QED) is 0.560. The molecule has 0 radical (unpaired) electrons. The molecule has 2 heteroatoms. The maximum absolute atomic E-state index is 9.28. The molecule has 2 atom stereocenters. The molecule has 1 aliphatic carbocycles. The van der Waals surface area contributed by atoms with Gasteiger partial charge in [-0.05, 0) is 25.7 Å². The molecule has 1 rings (SSSR count). The average Bonchev–Trinajstić information content (AvgIpc) is 1.85. The molecule has 0 aromatic carbocycles. The van der Waals surface area contributed by atoms with Gasteiger partial charge < -0.3 is 10.2 Å². The van der Waals surface area contributed by atoms with Crippen molar-refractivity contribution in [2.24, 2.45) is 0 Å². The van der Waals surface area contributed by atoms with Gasteiger partial charge in [-0.2, -0.15) is 0 Å². The van der Waals surface area contributed by atoms with Crippen LogP contribution >= 0.6 is 0 Å². The lowest BCUT2D eigenvalue weighted by Crippen LogP contribution is -2.24. The zero-order chi connectivity index (χ0) is 8.27. The summed E-state index contributed by atoms with van der Waals surface area (Å²) in [7, 11) is 0. The first-order chi connectivity index (χ1) is 5.22. The third-order valence-corrected chi connectivity index (χ3v) is 2.03. The highest BCUT2D eigenvalue weighted by Gasteiger charge is 2.20. The van der Waals surface area contributed by atoms with Gasteiger partial charge in [0.2, 0.25) is 0 Å². The number of aliphatic hydroxyl groups excluding tert-OH is 2. The van der Waals surface area contributed by atoms with Gasteiger partial charge in [-0.15, -0.1) is 0 Å². The second kappa shape index (κ2) is 3.88. The number of hydrogen-bond acceptors (Lipinski definition) is 2. The molecule has 0 aromatic rings. The second-order valence-electron chi connectivity index (χ2n) is 3.22. The van der Waals surface area contributed by atoms with Crippen molar-refractivity contribution in [2.45, 2.75) is 44.8 Å². The van der Waals surface area contributed by atoms with Crippen LogP contribution in [0.4, 0.5) is 0 Å². The van der Waals surface area contributed by atoms with Gasteiger partial charge in [0.05, 0.1) is 12.2 Å². The monoisotopic (exact) mass is 156 g/mol. The van der Waals surface area contributed by atoms with Crippen LogP contribution in [0.5, 0.6) is 0 Å². The van der Waals surface area contributed by atoms with Crippen LogP contribution in [0.15, 0.2) is 11.6 Å². The Morgan fingerprint density at radius 1 is 1.36 bits per heavy atom. The third-order valence-electron chi connectivity index (χ3n) is 2.03. The van der Waals surface area contributed by atoms with Gasteiger partial charge in [-0.25, -0.2) is 0 Å². The van der Waals surface area contributed by atoms with Crippen LogP contribution in [0, 0.1) is 0 Å². The summed E-state index contributed by atoms with van der Waals surface area (Å²) in [6.07, 6.45) is 4.50. The lowest BCUT2D eigenvalue weighted by Gasteiger charge is -2.24. The number of aliphatic hydroxyl groups is 2. The van der Waals surface area contributed by atoms with E-state index in [1.54, 1.807) is 0 Å². The molecule has 0 aliphatic heterocycles. The van der Waals surface area contributed by atoms with Crippen molar-refractivity contribution in [3.63, 3.8) is 0 Å². The predicted octanol–water partition coefficient (Wildman–Crippen LogP) is 1.23. The van der Waals surface area contributed by atoms with E-state index < -0.39 is 0 Å². The summed E-state index contributed by atoms with van der Waals surface area (Å²) < 4.78 is 0. The van der Waals surface area contributed by atoms with E-state index in [-0.39, 0.29) is 12.2 Å². The van der Waals surface area contributed by atoms with Crippen molar-refractivity contribution >= 4 is 0 Å². The summed E-state index contributed by atoms with van der Waals surface area (Å²) in [6.45, 7) is 2.07. The second-order valence-corrected chi connectivity index (χ2v) is 3.22. The number of hydrogen-bond donors (Lipinski definition) is 2. The largest absolute Gasteiger partial charge is 0.393 e. The molecule has 64 valence electrons. The van der Waals surface area contributed by atoms with Gasteiger partial charge in [0.1, 0.15) is 0 Å². The smallest absolute Gasteiger partial charge is 0.0602 e. The molecule has 11 heavy (non-hydrogen) atoms. The normalized spacial score (nSPS) is 36.1. The van der Waals surface area contributed by atoms with Gasteiger partial charge in [-0.3, -0.25) is 0 Å². The Morgan fingerprint density at radius 2 is 1.91 bits per heavy atom. The first-order valence-electron chi connectivity index (χ1n) is 4.26. The first-order valence-corrected chi connectivity index (χ1v) is 4.26. The molecule has 0 amide bonds. The fourth-order valence-electron chi connectivity index (χ4n) is 1.62. The van der Waals surface area contributed by atoms with Gasteiger partial charge >= 0.3 is 0 Å². The molecule has 0 bridgehead atoms. The summed E-state index contributed by atoms with van der Waals surface area (Å²) in [5.74, 6) is 0. The van der Waals surface area contributed by atoms with E-state index in [0.29, 0.717) is 6.42 Å². The summed E-state index contributed by atoms with van der Waals surface area (Å²) in [5, 5.41) is 18.6. The van der Waals surface area contributed by atoms with Crippen LogP contribution in [0.2, 0.25) is 0 Å². The third kappa shape index (κ3) is 2.64. The Labute approximate surface area is 67.6 Å². The average molecular weight is 156 g/mol. The molecule has 0 aromatic heterocycles. The molecule has 0 spiro atoms. The van der Waals surface area contributed by atoms with Crippen molar-refractivity contribution in [3.05, 3.63) is 11.6 Å². The Bertz CT molecular complexity index is 140. The van der Waals surface area contributed by atoms with Gasteiger partial charge in [0.15, 0.2) is 0 Å². The molecular formula is C9H16O2. The van der Waals surface area contributed by atoms with Gasteiger partial charge in [-0.1, -0.05) is 18.6 Å². The van der Waals surface area contributed by atoms with E-state index in [2.05, 4.69) is 13.0 Å². The minimum atomic E-state index is -0.323. The van der Waals surface area contributed by atoms with E-state index in [1.807, 2.05) is 0 Å². The standard InChI is InChI=1S/C9H16O2/c1-2-3-7-4-8(10)6-9(11)5-7/h3,8-11H,2,4-6H2,1H3/b7-3-/t8-,9+/m1/s1. The lowest BCUT2D eigenvalue weighted by molar-refractivity contribution is 0.0608. The zero-order valence-electron chi connectivity index (χ0n) is 6.95. The maximum atomic E-state index is 9.28. The van der Waals surface area contributed by atoms with Gasteiger partial charge in [0.25, 0.3) is 0 Å². The maximum Gasteiger partial charge on any atom is 0.0602 e. The first kappa shape index (κ1) is 8.75. The Hall–Kier alpha value is -0.340. The van der Waals surface area contributed by atoms with Crippen molar-refractivity contribution in [3.8, 4) is 0 Å². The number of allylic oxidation sites excluding steroid dienone is 1. The molecule has 2 N–H and O–H groups in total. The Kier molecular flexibility index (Phi) is 3.09. The highest BCUT2D eigenvalue weighted by molar-refractivity contribution is 5.08. The van der Waals surface area contributed by atoms with Gasteiger partial charge in [0, 0.05) is 0 Å². The van der Waals surface area contributed by atoms with Crippen LogP contribution < -0.4 is 0 Å². The van der Waals surface area contributed by atoms with E-state index in [0.717, 1.165) is 19.3 Å². The lowest BCUT2D eigenvalue weighted by atomic mass is 9.90. The molecule has 0 saturated heterocycles. The molecular weight excluding hydrogens is 140 g/mol. The predicted molar refractivity (Wildman–Crippen MR) is 44.2 cm³/mol. The summed E-state index contributed by atoms with van der Waals surface area (Å²) >= 11 is 0. The van der Waals surface area contributed by atoms with Crippen LogP contribution in [0.1, 0.15) is 32.6 Å². The minimum Gasteiger partial charge on any atom is -0.393 e. The summed E-state index contributed by atoms with van der Waals surface area (Å²) in [6, 6.07) is 0. The summed E-state index contributed by atoms with van der Waals surface area (Å²) in [4.78, 5) is 0. The fraction of sp³-hybridized carbons (Fsp3) is 0.778. The van der Waals surface area contributed by atoms with E-state index in [1.165, 1.54) is 5.57 Å². The molecule has 2 nitrogen and oxygen atoms in total. The zero-order valence-corrected chi connectivity index (χ0v) is 6.95. The van der Waals surface area contributed by atoms with Crippen molar-refractivity contribution in [2.75, 3.05) is 0 Å². The van der Waals surface area contributed by atoms with Crippen LogP contribution in [0.3, 0.4) is 0 Å². The van der Waals surface area contributed by atoms with E-state index in [4.69, 9.17) is 0 Å². The van der Waals surface area contributed by atoms with Crippen LogP contribution in [-0.2, 0) is 0 Å². The Balaban J connectivity index is 2.49. The topological polar surface area (TPSA) is 40.5 Å². The van der Waals surface area contributed by atoms with Crippen LogP contribution in [0.25, 0.3) is 0 Å². The van der Waals surface area contributed by atoms with E-state index >= 15 is 0 Å². The molecule has 1 aliphatic rings. The Morgan fingerprint density at radius 3 is 2.36 bits per heavy atom. The SMILES string of the molecule is CC/C=C1/C[C@@H](O)C[C@@H](O)C1. The van der Waals surface area contributed by atoms with Crippen molar-refractivity contribution in [1.29, 1.82) is 0 Å². The van der Waals surface area contributed by atoms with Crippen molar-refractivity contribution < 1.29 is 10.2 Å². The highest BCUT2D eigenvalue weighted by atomic mass is 16.3. The number of rotatable bonds is 1.